The second-order valence-electron chi connectivity index (χ2n) is 6.05. The molecule has 0 aliphatic carbocycles. The van der Waals surface area contributed by atoms with Crippen LogP contribution in [-0.4, -0.2) is 42.6 Å². The molecule has 124 valence electrons. The molecule has 0 fully saturated rings. The first-order valence-electron chi connectivity index (χ1n) is 8.28. The Hall–Kier alpha value is -2.77. The van der Waals surface area contributed by atoms with Gasteiger partial charge in [0.1, 0.15) is 5.82 Å². The SMILES string of the molecule is O=C(NCCc1nc2ccccc2[nH]1)[C@H]1CCCCn2nnnc21. The Bertz CT molecular complexity index is 820. The van der Waals surface area contributed by atoms with Gasteiger partial charge in [0.15, 0.2) is 5.82 Å². The van der Waals surface area contributed by atoms with Gasteiger partial charge in [-0.2, -0.15) is 0 Å². The van der Waals surface area contributed by atoms with Crippen LogP contribution in [0.4, 0.5) is 0 Å². The fraction of sp³-hybridized carbons (Fsp3) is 0.438. The normalized spacial score (nSPS) is 17.4. The van der Waals surface area contributed by atoms with Crippen LogP contribution in [0.2, 0.25) is 0 Å². The predicted octanol–water partition coefficient (Wildman–Crippen LogP) is 1.18. The molecule has 24 heavy (non-hydrogen) atoms. The zero-order valence-corrected chi connectivity index (χ0v) is 13.3. The van der Waals surface area contributed by atoms with Crippen molar-refractivity contribution < 1.29 is 4.79 Å². The molecular weight excluding hydrogens is 306 g/mol. The largest absolute Gasteiger partial charge is 0.355 e. The van der Waals surface area contributed by atoms with E-state index in [-0.39, 0.29) is 11.8 Å². The highest BCUT2D eigenvalue weighted by atomic mass is 16.1. The Balaban J connectivity index is 1.38. The van der Waals surface area contributed by atoms with Gasteiger partial charge in [0.2, 0.25) is 5.91 Å². The molecule has 2 aromatic heterocycles. The monoisotopic (exact) mass is 325 g/mol. The van der Waals surface area contributed by atoms with Crippen molar-refractivity contribution in [3.63, 3.8) is 0 Å². The minimum absolute atomic E-state index is 0.0101. The molecule has 1 aliphatic heterocycles. The first kappa shape index (κ1) is 14.8. The van der Waals surface area contributed by atoms with E-state index in [1.165, 1.54) is 0 Å². The van der Waals surface area contributed by atoms with Gasteiger partial charge in [-0.25, -0.2) is 9.67 Å². The number of hydrogen-bond acceptors (Lipinski definition) is 5. The first-order valence-corrected chi connectivity index (χ1v) is 8.28. The summed E-state index contributed by atoms with van der Waals surface area (Å²) in [7, 11) is 0. The smallest absolute Gasteiger partial charge is 0.230 e. The zero-order chi connectivity index (χ0) is 16.4. The summed E-state index contributed by atoms with van der Waals surface area (Å²) < 4.78 is 1.75. The average Bonchev–Trinajstić information content (AvgIpc) is 3.16. The molecule has 0 bridgehead atoms. The molecule has 8 nitrogen and oxygen atoms in total. The van der Waals surface area contributed by atoms with Gasteiger partial charge in [0.05, 0.1) is 17.0 Å². The number of imidazole rings is 1. The number of carbonyl (C=O) groups excluding carboxylic acids is 1. The van der Waals surface area contributed by atoms with Crippen LogP contribution < -0.4 is 5.32 Å². The number of nitrogens with zero attached hydrogens (tertiary/aromatic N) is 5. The molecule has 0 unspecified atom stereocenters. The van der Waals surface area contributed by atoms with E-state index in [4.69, 9.17) is 0 Å². The third-order valence-corrected chi connectivity index (χ3v) is 4.40. The topological polar surface area (TPSA) is 101 Å². The number of H-pyrrole nitrogens is 1. The third-order valence-electron chi connectivity index (χ3n) is 4.40. The lowest BCUT2D eigenvalue weighted by Crippen LogP contribution is -2.32. The number of aromatic nitrogens is 6. The lowest BCUT2D eigenvalue weighted by molar-refractivity contribution is -0.122. The highest BCUT2D eigenvalue weighted by molar-refractivity contribution is 5.82. The molecule has 0 spiro atoms. The summed E-state index contributed by atoms with van der Waals surface area (Å²) >= 11 is 0. The van der Waals surface area contributed by atoms with Crippen LogP contribution in [-0.2, 0) is 17.8 Å². The second kappa shape index (κ2) is 6.38. The molecular formula is C16H19N7O. The predicted molar refractivity (Wildman–Crippen MR) is 87.2 cm³/mol. The Morgan fingerprint density at radius 2 is 2.25 bits per heavy atom. The van der Waals surface area contributed by atoms with E-state index in [0.717, 1.165) is 42.7 Å². The number of para-hydroxylation sites is 2. The number of hydrogen-bond donors (Lipinski definition) is 2. The first-order chi connectivity index (χ1) is 11.8. The Kier molecular flexibility index (Phi) is 3.94. The highest BCUT2D eigenvalue weighted by Gasteiger charge is 2.28. The van der Waals surface area contributed by atoms with Crippen molar-refractivity contribution in [2.75, 3.05) is 6.54 Å². The molecule has 1 amide bonds. The van der Waals surface area contributed by atoms with Gasteiger partial charge in [-0.05, 0) is 35.4 Å². The van der Waals surface area contributed by atoms with Gasteiger partial charge in [-0.3, -0.25) is 4.79 Å². The van der Waals surface area contributed by atoms with E-state index in [9.17, 15) is 4.79 Å². The van der Waals surface area contributed by atoms with Crippen LogP contribution in [0.15, 0.2) is 24.3 Å². The highest BCUT2D eigenvalue weighted by Crippen LogP contribution is 2.23. The van der Waals surface area contributed by atoms with Crippen LogP contribution in [0.3, 0.4) is 0 Å². The maximum Gasteiger partial charge on any atom is 0.230 e. The fourth-order valence-corrected chi connectivity index (χ4v) is 3.16. The van der Waals surface area contributed by atoms with Gasteiger partial charge >= 0.3 is 0 Å². The zero-order valence-electron chi connectivity index (χ0n) is 13.3. The minimum Gasteiger partial charge on any atom is -0.355 e. The van der Waals surface area contributed by atoms with Crippen LogP contribution in [0.25, 0.3) is 11.0 Å². The maximum absolute atomic E-state index is 12.5. The maximum atomic E-state index is 12.5. The molecule has 0 saturated carbocycles. The van der Waals surface area contributed by atoms with Crippen LogP contribution in [0.5, 0.6) is 0 Å². The second-order valence-corrected chi connectivity index (χ2v) is 6.05. The van der Waals surface area contributed by atoms with Gasteiger partial charge in [0, 0.05) is 19.5 Å². The van der Waals surface area contributed by atoms with E-state index in [2.05, 4.69) is 30.8 Å². The number of fused-ring (bicyclic) bond motifs is 2. The molecule has 2 N–H and O–H groups in total. The Labute approximate surface area is 138 Å². The number of carbonyl (C=O) groups is 1. The minimum atomic E-state index is -0.266. The summed E-state index contributed by atoms with van der Waals surface area (Å²) in [6.07, 6.45) is 3.45. The summed E-state index contributed by atoms with van der Waals surface area (Å²) in [5.74, 6) is 1.28. The van der Waals surface area contributed by atoms with E-state index >= 15 is 0 Å². The molecule has 1 atom stereocenters. The van der Waals surface area contributed by atoms with Crippen molar-refractivity contribution in [3.05, 3.63) is 35.9 Å². The summed E-state index contributed by atoms with van der Waals surface area (Å²) in [6, 6.07) is 7.91. The quantitative estimate of drug-likeness (QED) is 0.750. The number of aromatic amines is 1. The lowest BCUT2D eigenvalue weighted by Gasteiger charge is -2.12. The molecule has 0 saturated heterocycles. The average molecular weight is 325 g/mol. The van der Waals surface area contributed by atoms with E-state index in [1.807, 2.05) is 24.3 Å². The van der Waals surface area contributed by atoms with Crippen LogP contribution >= 0.6 is 0 Å². The van der Waals surface area contributed by atoms with Crippen LogP contribution in [0.1, 0.15) is 36.8 Å². The van der Waals surface area contributed by atoms with E-state index in [0.29, 0.717) is 18.8 Å². The Morgan fingerprint density at radius 1 is 1.33 bits per heavy atom. The third kappa shape index (κ3) is 2.86. The van der Waals surface area contributed by atoms with Crippen molar-refractivity contribution in [3.8, 4) is 0 Å². The van der Waals surface area contributed by atoms with Crippen molar-refractivity contribution in [2.45, 2.75) is 38.1 Å². The summed E-state index contributed by atoms with van der Waals surface area (Å²) in [6.45, 7) is 1.32. The molecule has 1 aliphatic rings. The van der Waals surface area contributed by atoms with Crippen molar-refractivity contribution in [1.82, 2.24) is 35.5 Å². The number of tetrazole rings is 1. The summed E-state index contributed by atoms with van der Waals surface area (Å²) in [5.41, 5.74) is 1.96. The van der Waals surface area contributed by atoms with Crippen LogP contribution in [0, 0.1) is 0 Å². The summed E-state index contributed by atoms with van der Waals surface area (Å²) in [4.78, 5) is 20.3. The van der Waals surface area contributed by atoms with Gasteiger partial charge < -0.3 is 10.3 Å². The number of nitrogens with one attached hydrogen (secondary N) is 2. The van der Waals surface area contributed by atoms with Crippen molar-refractivity contribution in [2.24, 2.45) is 0 Å². The number of rotatable bonds is 4. The molecule has 3 heterocycles. The standard InChI is InChI=1S/C16H19N7O/c24-16(11-5-3-4-10-23-15(11)20-21-22-23)17-9-8-14-18-12-6-1-2-7-13(12)19-14/h1-2,6-7,11H,3-5,8-10H2,(H,17,24)(H,18,19)/t11-/m0/s1. The number of amides is 1. The van der Waals surface area contributed by atoms with Crippen molar-refractivity contribution in [1.29, 1.82) is 0 Å². The van der Waals surface area contributed by atoms with E-state index in [1.54, 1.807) is 4.68 Å². The van der Waals surface area contributed by atoms with Gasteiger partial charge in [-0.15, -0.1) is 5.10 Å². The van der Waals surface area contributed by atoms with Crippen molar-refractivity contribution >= 4 is 16.9 Å². The number of aryl methyl sites for hydroxylation is 1. The van der Waals surface area contributed by atoms with Gasteiger partial charge in [-0.1, -0.05) is 18.6 Å². The molecule has 3 aromatic rings. The fourth-order valence-electron chi connectivity index (χ4n) is 3.16. The molecule has 4 rings (SSSR count). The van der Waals surface area contributed by atoms with E-state index < -0.39 is 0 Å². The summed E-state index contributed by atoms with van der Waals surface area (Å²) in [5, 5.41) is 14.7. The molecule has 1 aromatic carbocycles. The molecule has 0 radical (unpaired) electrons. The lowest BCUT2D eigenvalue weighted by atomic mass is 10.0. The Morgan fingerprint density at radius 3 is 3.17 bits per heavy atom. The molecule has 8 heteroatoms. The number of benzene rings is 1. The van der Waals surface area contributed by atoms with Gasteiger partial charge in [0.25, 0.3) is 0 Å².